The lowest BCUT2D eigenvalue weighted by molar-refractivity contribution is 0.475. The number of hydrogen-bond acceptors (Lipinski definition) is 4. The Bertz CT molecular complexity index is 558. The van der Waals surface area contributed by atoms with Gasteiger partial charge in [0, 0.05) is 37.3 Å². The highest BCUT2D eigenvalue weighted by Crippen LogP contribution is 2.31. The van der Waals surface area contributed by atoms with Gasteiger partial charge in [0.2, 0.25) is 0 Å². The standard InChI is InChI=1S/C13H17N5S/c1-6-19-9-10(1)17-4-3-15-13(17)12-7-11-8-14-2-5-18(11)16-12/h3-4,7,10,14H,1-2,5-6,8-9H2/t10-/m1/s1. The zero-order valence-corrected chi connectivity index (χ0v) is 11.6. The minimum absolute atomic E-state index is 0.583. The van der Waals surface area contributed by atoms with Crippen molar-refractivity contribution < 1.29 is 0 Å². The van der Waals surface area contributed by atoms with Crippen LogP contribution in [-0.4, -0.2) is 37.4 Å². The van der Waals surface area contributed by atoms with E-state index in [0.717, 1.165) is 31.2 Å². The Hall–Kier alpha value is -1.27. The van der Waals surface area contributed by atoms with Crippen molar-refractivity contribution in [2.75, 3.05) is 18.1 Å². The lowest BCUT2D eigenvalue weighted by atomic mass is 10.2. The summed E-state index contributed by atoms with van der Waals surface area (Å²) in [5.41, 5.74) is 2.28. The van der Waals surface area contributed by atoms with Gasteiger partial charge in [-0.25, -0.2) is 4.98 Å². The molecule has 0 bridgehead atoms. The van der Waals surface area contributed by atoms with Crippen LogP contribution in [0.5, 0.6) is 0 Å². The maximum absolute atomic E-state index is 4.71. The number of hydrogen-bond donors (Lipinski definition) is 1. The lowest BCUT2D eigenvalue weighted by Crippen LogP contribution is -2.28. The molecule has 0 aromatic carbocycles. The Kier molecular flexibility index (Phi) is 2.85. The van der Waals surface area contributed by atoms with Crippen LogP contribution in [0.25, 0.3) is 11.5 Å². The molecule has 5 nitrogen and oxygen atoms in total. The zero-order valence-electron chi connectivity index (χ0n) is 10.7. The minimum atomic E-state index is 0.583. The highest BCUT2D eigenvalue weighted by atomic mass is 32.2. The third-order valence-corrected chi connectivity index (χ3v) is 5.01. The van der Waals surface area contributed by atoms with Gasteiger partial charge in [-0.05, 0) is 18.2 Å². The molecule has 0 saturated carbocycles. The van der Waals surface area contributed by atoms with E-state index >= 15 is 0 Å². The first kappa shape index (κ1) is 11.5. The maximum Gasteiger partial charge on any atom is 0.160 e. The maximum atomic E-state index is 4.71. The van der Waals surface area contributed by atoms with Crippen molar-refractivity contribution in [2.24, 2.45) is 0 Å². The molecule has 6 heteroatoms. The molecule has 0 radical (unpaired) electrons. The smallest absolute Gasteiger partial charge is 0.160 e. The molecule has 2 aromatic heterocycles. The van der Waals surface area contributed by atoms with E-state index in [9.17, 15) is 0 Å². The van der Waals surface area contributed by atoms with Crippen LogP contribution in [0.4, 0.5) is 0 Å². The molecule has 0 spiro atoms. The molecule has 4 heterocycles. The van der Waals surface area contributed by atoms with Gasteiger partial charge in [0.1, 0.15) is 5.69 Å². The number of rotatable bonds is 2. The van der Waals surface area contributed by atoms with Crippen LogP contribution in [0.3, 0.4) is 0 Å². The molecule has 4 rings (SSSR count). The normalized spacial score (nSPS) is 22.6. The van der Waals surface area contributed by atoms with Crippen molar-refractivity contribution in [3.8, 4) is 11.5 Å². The summed E-state index contributed by atoms with van der Waals surface area (Å²) in [6, 6.07) is 2.76. The Morgan fingerprint density at radius 3 is 3.26 bits per heavy atom. The van der Waals surface area contributed by atoms with Crippen LogP contribution >= 0.6 is 11.8 Å². The van der Waals surface area contributed by atoms with Crippen LogP contribution in [0.15, 0.2) is 18.5 Å². The van der Waals surface area contributed by atoms with Crippen LogP contribution in [-0.2, 0) is 13.1 Å². The number of nitrogens with one attached hydrogen (secondary N) is 1. The fourth-order valence-electron chi connectivity index (χ4n) is 2.85. The summed E-state index contributed by atoms with van der Waals surface area (Å²) in [5.74, 6) is 3.47. The first-order chi connectivity index (χ1) is 9.42. The van der Waals surface area contributed by atoms with Gasteiger partial charge in [-0.3, -0.25) is 4.68 Å². The first-order valence-corrected chi connectivity index (χ1v) is 7.96. The predicted octanol–water partition coefficient (Wildman–Crippen LogP) is 1.53. The van der Waals surface area contributed by atoms with Gasteiger partial charge in [0.05, 0.1) is 12.2 Å². The summed E-state index contributed by atoms with van der Waals surface area (Å²) in [7, 11) is 0. The van der Waals surface area contributed by atoms with Gasteiger partial charge in [-0.15, -0.1) is 0 Å². The summed E-state index contributed by atoms with van der Waals surface area (Å²) in [5, 5.41) is 8.09. The fraction of sp³-hybridized carbons (Fsp3) is 0.538. The second-order valence-electron chi connectivity index (χ2n) is 5.10. The molecule has 0 unspecified atom stereocenters. The molecule has 2 aliphatic heterocycles. The number of imidazole rings is 1. The van der Waals surface area contributed by atoms with E-state index < -0.39 is 0 Å². The molecule has 1 saturated heterocycles. The largest absolute Gasteiger partial charge is 0.326 e. The average molecular weight is 275 g/mol. The molecule has 1 fully saturated rings. The van der Waals surface area contributed by atoms with Crippen molar-refractivity contribution in [2.45, 2.75) is 25.6 Å². The van der Waals surface area contributed by atoms with Gasteiger partial charge in [0.15, 0.2) is 5.82 Å². The van der Waals surface area contributed by atoms with Gasteiger partial charge in [-0.2, -0.15) is 16.9 Å². The molecule has 0 amide bonds. The zero-order chi connectivity index (χ0) is 12.7. The van der Waals surface area contributed by atoms with E-state index in [1.54, 1.807) is 0 Å². The van der Waals surface area contributed by atoms with E-state index in [1.807, 2.05) is 18.0 Å². The number of nitrogens with zero attached hydrogens (tertiary/aromatic N) is 4. The van der Waals surface area contributed by atoms with Crippen LogP contribution in [0.1, 0.15) is 18.2 Å². The fourth-order valence-corrected chi connectivity index (χ4v) is 4.05. The van der Waals surface area contributed by atoms with E-state index in [0.29, 0.717) is 6.04 Å². The molecular formula is C13H17N5S. The summed E-state index contributed by atoms with van der Waals surface area (Å²) in [6.45, 7) is 2.87. The molecule has 100 valence electrons. The molecule has 1 atom stereocenters. The third-order valence-electron chi connectivity index (χ3n) is 3.87. The first-order valence-electron chi connectivity index (χ1n) is 6.80. The quantitative estimate of drug-likeness (QED) is 0.903. The molecule has 2 aromatic rings. The van der Waals surface area contributed by atoms with Gasteiger partial charge in [0.25, 0.3) is 0 Å². The van der Waals surface area contributed by atoms with Crippen LogP contribution in [0, 0.1) is 0 Å². The van der Waals surface area contributed by atoms with Crippen LogP contribution < -0.4 is 5.32 Å². The summed E-state index contributed by atoms with van der Waals surface area (Å²) < 4.78 is 4.41. The Morgan fingerprint density at radius 1 is 1.42 bits per heavy atom. The van der Waals surface area contributed by atoms with Crippen molar-refractivity contribution in [3.63, 3.8) is 0 Å². The molecule has 19 heavy (non-hydrogen) atoms. The van der Waals surface area contributed by atoms with Gasteiger partial charge < -0.3 is 9.88 Å². The van der Waals surface area contributed by atoms with Crippen molar-refractivity contribution >= 4 is 11.8 Å². The Morgan fingerprint density at radius 2 is 2.42 bits per heavy atom. The number of thioether (sulfide) groups is 1. The average Bonchev–Trinajstić information content (AvgIpc) is 3.17. The van der Waals surface area contributed by atoms with E-state index in [-0.39, 0.29) is 0 Å². The molecule has 1 N–H and O–H groups in total. The van der Waals surface area contributed by atoms with Crippen molar-refractivity contribution in [1.29, 1.82) is 0 Å². The number of fused-ring (bicyclic) bond motifs is 1. The van der Waals surface area contributed by atoms with Crippen molar-refractivity contribution in [1.82, 2.24) is 24.6 Å². The lowest BCUT2D eigenvalue weighted by Gasteiger charge is -2.13. The number of aromatic nitrogens is 4. The second kappa shape index (κ2) is 4.68. The van der Waals surface area contributed by atoms with Crippen LogP contribution in [0.2, 0.25) is 0 Å². The van der Waals surface area contributed by atoms with E-state index in [2.05, 4.69) is 31.8 Å². The van der Waals surface area contributed by atoms with E-state index in [4.69, 9.17) is 5.10 Å². The predicted molar refractivity (Wildman–Crippen MR) is 76.1 cm³/mol. The highest BCUT2D eigenvalue weighted by Gasteiger charge is 2.22. The van der Waals surface area contributed by atoms with E-state index in [1.165, 1.54) is 23.6 Å². The Balaban J connectivity index is 1.72. The summed E-state index contributed by atoms with van der Waals surface area (Å²) in [4.78, 5) is 4.53. The topological polar surface area (TPSA) is 47.7 Å². The van der Waals surface area contributed by atoms with Gasteiger partial charge in [-0.1, -0.05) is 0 Å². The monoisotopic (exact) mass is 275 g/mol. The molecular weight excluding hydrogens is 258 g/mol. The van der Waals surface area contributed by atoms with Gasteiger partial charge >= 0.3 is 0 Å². The Labute approximate surface area is 116 Å². The minimum Gasteiger partial charge on any atom is -0.326 e. The molecule has 0 aliphatic carbocycles. The molecule has 2 aliphatic rings. The summed E-state index contributed by atoms with van der Waals surface area (Å²) in [6.07, 6.45) is 5.24. The summed E-state index contributed by atoms with van der Waals surface area (Å²) >= 11 is 2.03. The highest BCUT2D eigenvalue weighted by molar-refractivity contribution is 7.99. The van der Waals surface area contributed by atoms with Crippen molar-refractivity contribution in [3.05, 3.63) is 24.2 Å². The third kappa shape index (κ3) is 1.99. The SMILES string of the molecule is c1cn([C@@H]2CCSC2)c(-c2cc3n(n2)CCNC3)n1. The second-order valence-corrected chi connectivity index (χ2v) is 6.25.